The van der Waals surface area contributed by atoms with Crippen molar-refractivity contribution in [3.63, 3.8) is 0 Å². The van der Waals surface area contributed by atoms with Gasteiger partial charge in [-0.3, -0.25) is 0 Å². The molecule has 1 heterocycles. The number of rotatable bonds is 7. The summed E-state index contributed by atoms with van der Waals surface area (Å²) >= 11 is 0. The predicted molar refractivity (Wildman–Crippen MR) is 64.0 cm³/mol. The molecule has 0 aliphatic heterocycles. The number of aromatic nitrogens is 2. The van der Waals surface area contributed by atoms with Crippen LogP contribution in [0.4, 0.5) is 10.2 Å². The molecule has 0 bridgehead atoms. The van der Waals surface area contributed by atoms with Gasteiger partial charge in [0.05, 0.1) is 0 Å². The number of unbranched alkanes of at least 4 members (excludes halogenated alkanes) is 2. The average Bonchev–Trinajstić information content (AvgIpc) is 2.29. The Balaban J connectivity index is 2.66. The molecular formula is C12H20FN3. The lowest BCUT2D eigenvalue weighted by atomic mass is 10.2. The minimum Gasteiger partial charge on any atom is -0.356 e. The van der Waals surface area contributed by atoms with Crippen LogP contribution in [0.15, 0.2) is 12.4 Å². The van der Waals surface area contributed by atoms with Crippen LogP contribution in [0, 0.1) is 5.95 Å². The van der Waals surface area contributed by atoms with Gasteiger partial charge < -0.3 is 4.90 Å². The van der Waals surface area contributed by atoms with Crippen molar-refractivity contribution >= 4 is 5.82 Å². The van der Waals surface area contributed by atoms with E-state index in [-0.39, 0.29) is 0 Å². The SMILES string of the molecule is CCCCN(CCCC)c1cc(F)ncn1. The van der Waals surface area contributed by atoms with E-state index in [9.17, 15) is 4.39 Å². The lowest BCUT2D eigenvalue weighted by Crippen LogP contribution is -2.26. The van der Waals surface area contributed by atoms with Crippen LogP contribution in [0.1, 0.15) is 39.5 Å². The van der Waals surface area contributed by atoms with E-state index in [0.717, 1.165) is 38.8 Å². The lowest BCUT2D eigenvalue weighted by Gasteiger charge is -2.23. The molecule has 0 amide bonds. The summed E-state index contributed by atoms with van der Waals surface area (Å²) in [4.78, 5) is 9.74. The third kappa shape index (κ3) is 4.13. The Morgan fingerprint density at radius 1 is 1.12 bits per heavy atom. The van der Waals surface area contributed by atoms with Crippen molar-refractivity contribution < 1.29 is 4.39 Å². The number of hydrogen-bond acceptors (Lipinski definition) is 3. The number of nitrogens with zero attached hydrogens (tertiary/aromatic N) is 3. The number of halogens is 1. The Morgan fingerprint density at radius 2 is 1.75 bits per heavy atom. The van der Waals surface area contributed by atoms with Gasteiger partial charge in [-0.05, 0) is 12.8 Å². The van der Waals surface area contributed by atoms with Crippen LogP contribution in [0.2, 0.25) is 0 Å². The van der Waals surface area contributed by atoms with Crippen LogP contribution in [0.25, 0.3) is 0 Å². The maximum atomic E-state index is 13.0. The first-order valence-corrected chi connectivity index (χ1v) is 6.00. The quantitative estimate of drug-likeness (QED) is 0.668. The highest BCUT2D eigenvalue weighted by Gasteiger charge is 2.07. The molecule has 1 aromatic rings. The summed E-state index contributed by atoms with van der Waals surface area (Å²) in [5, 5.41) is 0. The van der Waals surface area contributed by atoms with Crippen LogP contribution >= 0.6 is 0 Å². The fourth-order valence-electron chi connectivity index (χ4n) is 1.54. The van der Waals surface area contributed by atoms with Gasteiger partial charge in [0.1, 0.15) is 12.1 Å². The van der Waals surface area contributed by atoms with Gasteiger partial charge >= 0.3 is 0 Å². The maximum absolute atomic E-state index is 13.0. The fraction of sp³-hybridized carbons (Fsp3) is 0.667. The van der Waals surface area contributed by atoms with E-state index in [1.165, 1.54) is 12.4 Å². The Kier molecular flexibility index (Phi) is 5.75. The van der Waals surface area contributed by atoms with E-state index in [4.69, 9.17) is 0 Å². The smallest absolute Gasteiger partial charge is 0.218 e. The summed E-state index contributed by atoms with van der Waals surface area (Å²) in [5.41, 5.74) is 0. The highest BCUT2D eigenvalue weighted by atomic mass is 19.1. The van der Waals surface area contributed by atoms with Crippen molar-refractivity contribution in [2.45, 2.75) is 39.5 Å². The zero-order valence-electron chi connectivity index (χ0n) is 10.1. The molecule has 0 radical (unpaired) electrons. The van der Waals surface area contributed by atoms with E-state index in [0.29, 0.717) is 5.82 Å². The second kappa shape index (κ2) is 7.14. The molecule has 16 heavy (non-hydrogen) atoms. The highest BCUT2D eigenvalue weighted by Crippen LogP contribution is 2.12. The van der Waals surface area contributed by atoms with Gasteiger partial charge in [0.2, 0.25) is 5.95 Å². The van der Waals surface area contributed by atoms with Gasteiger partial charge in [-0.1, -0.05) is 26.7 Å². The molecule has 0 saturated heterocycles. The van der Waals surface area contributed by atoms with Gasteiger partial charge in [0.25, 0.3) is 0 Å². The molecule has 3 nitrogen and oxygen atoms in total. The van der Waals surface area contributed by atoms with Crippen LogP contribution in [0.5, 0.6) is 0 Å². The largest absolute Gasteiger partial charge is 0.356 e. The van der Waals surface area contributed by atoms with Gasteiger partial charge in [0.15, 0.2) is 0 Å². The zero-order valence-corrected chi connectivity index (χ0v) is 10.1. The maximum Gasteiger partial charge on any atom is 0.218 e. The molecule has 0 spiro atoms. The molecule has 0 atom stereocenters. The van der Waals surface area contributed by atoms with E-state index in [1.54, 1.807) is 0 Å². The predicted octanol–water partition coefficient (Wildman–Crippen LogP) is 3.02. The van der Waals surface area contributed by atoms with E-state index in [2.05, 4.69) is 28.7 Å². The van der Waals surface area contributed by atoms with Crippen molar-refractivity contribution in [2.24, 2.45) is 0 Å². The first kappa shape index (κ1) is 12.9. The molecule has 90 valence electrons. The van der Waals surface area contributed by atoms with Crippen LogP contribution in [-0.2, 0) is 0 Å². The highest BCUT2D eigenvalue weighted by molar-refractivity contribution is 5.36. The summed E-state index contributed by atoms with van der Waals surface area (Å²) in [7, 11) is 0. The van der Waals surface area contributed by atoms with Crippen LogP contribution in [0.3, 0.4) is 0 Å². The molecule has 0 unspecified atom stereocenters. The molecule has 0 N–H and O–H groups in total. The van der Waals surface area contributed by atoms with Crippen LogP contribution in [-0.4, -0.2) is 23.1 Å². The second-order valence-corrected chi connectivity index (χ2v) is 3.89. The Labute approximate surface area is 96.7 Å². The van der Waals surface area contributed by atoms with Crippen molar-refractivity contribution in [1.82, 2.24) is 9.97 Å². The number of anilines is 1. The third-order valence-electron chi connectivity index (χ3n) is 2.51. The van der Waals surface area contributed by atoms with E-state index < -0.39 is 5.95 Å². The first-order chi connectivity index (χ1) is 7.77. The third-order valence-corrected chi connectivity index (χ3v) is 2.51. The molecule has 4 heteroatoms. The summed E-state index contributed by atoms with van der Waals surface area (Å²) < 4.78 is 13.0. The van der Waals surface area contributed by atoms with E-state index >= 15 is 0 Å². The van der Waals surface area contributed by atoms with Gasteiger partial charge in [0, 0.05) is 19.2 Å². The molecule has 0 fully saturated rings. The standard InChI is InChI=1S/C12H20FN3/c1-3-5-7-16(8-6-4-2)12-9-11(13)14-10-15-12/h9-10H,3-8H2,1-2H3. The average molecular weight is 225 g/mol. The molecule has 0 aromatic carbocycles. The summed E-state index contributed by atoms with van der Waals surface area (Å²) in [5.74, 6) is 0.248. The topological polar surface area (TPSA) is 29.0 Å². The van der Waals surface area contributed by atoms with Crippen molar-refractivity contribution in [1.29, 1.82) is 0 Å². The van der Waals surface area contributed by atoms with Gasteiger partial charge in [-0.25, -0.2) is 9.97 Å². The monoisotopic (exact) mass is 225 g/mol. The van der Waals surface area contributed by atoms with Crippen LogP contribution < -0.4 is 4.90 Å². The van der Waals surface area contributed by atoms with Crippen molar-refractivity contribution in [3.05, 3.63) is 18.3 Å². The normalized spacial score (nSPS) is 10.4. The molecule has 0 aliphatic carbocycles. The second-order valence-electron chi connectivity index (χ2n) is 3.89. The molecule has 0 aliphatic rings. The van der Waals surface area contributed by atoms with Gasteiger partial charge in [-0.2, -0.15) is 4.39 Å². The van der Waals surface area contributed by atoms with E-state index in [1.807, 2.05) is 0 Å². The first-order valence-electron chi connectivity index (χ1n) is 6.00. The number of hydrogen-bond donors (Lipinski definition) is 0. The Bertz CT molecular complexity index is 296. The zero-order chi connectivity index (χ0) is 11.8. The Morgan fingerprint density at radius 3 is 2.25 bits per heavy atom. The summed E-state index contributed by atoms with van der Waals surface area (Å²) in [6.45, 7) is 6.18. The van der Waals surface area contributed by atoms with Crippen molar-refractivity contribution in [2.75, 3.05) is 18.0 Å². The minimum atomic E-state index is -0.456. The molecular weight excluding hydrogens is 205 g/mol. The molecule has 1 rings (SSSR count). The molecule has 1 aromatic heterocycles. The van der Waals surface area contributed by atoms with Crippen molar-refractivity contribution in [3.8, 4) is 0 Å². The molecule has 0 saturated carbocycles. The van der Waals surface area contributed by atoms with Gasteiger partial charge in [-0.15, -0.1) is 0 Å². The fourth-order valence-corrected chi connectivity index (χ4v) is 1.54. The minimum absolute atomic E-state index is 0.456. The summed E-state index contributed by atoms with van der Waals surface area (Å²) in [6.07, 6.45) is 5.77. The Hall–Kier alpha value is -1.19. The lowest BCUT2D eigenvalue weighted by molar-refractivity contribution is 0.575. The summed E-state index contributed by atoms with van der Waals surface area (Å²) in [6, 6.07) is 1.41.